The van der Waals surface area contributed by atoms with Crippen molar-refractivity contribution in [3.63, 3.8) is 0 Å². The van der Waals surface area contributed by atoms with Crippen LogP contribution < -0.4 is 9.47 Å². The van der Waals surface area contributed by atoms with Crippen LogP contribution in [0.4, 0.5) is 13.2 Å². The van der Waals surface area contributed by atoms with Crippen molar-refractivity contribution in [2.24, 2.45) is 11.8 Å². The molecule has 1 N–H and O–H groups in total. The van der Waals surface area contributed by atoms with Gasteiger partial charge in [-0.25, -0.2) is 8.42 Å². The van der Waals surface area contributed by atoms with Crippen LogP contribution in [-0.2, 0) is 19.4 Å². The lowest BCUT2D eigenvalue weighted by molar-refractivity contribution is -0.274. The fraction of sp³-hybridized carbons (Fsp3) is 0.360. The Kier molecular flexibility index (Phi) is 8.57. The molecule has 36 heavy (non-hydrogen) atoms. The average Bonchev–Trinajstić information content (AvgIpc) is 2.81. The molecule has 7 nitrogen and oxygen atoms in total. The van der Waals surface area contributed by atoms with Crippen molar-refractivity contribution in [2.75, 3.05) is 19.8 Å². The predicted molar refractivity (Wildman–Crippen MR) is 127 cm³/mol. The summed E-state index contributed by atoms with van der Waals surface area (Å²) in [6.45, 7) is 4.54. The molecule has 2 atom stereocenters. The molecule has 0 unspecified atom stereocenters. The highest BCUT2D eigenvalue weighted by Crippen LogP contribution is 2.30. The predicted octanol–water partition coefficient (Wildman–Crippen LogP) is 5.04. The van der Waals surface area contributed by atoms with Gasteiger partial charge in [0.1, 0.15) is 22.1 Å². The Morgan fingerprint density at radius 3 is 2.64 bits per heavy atom. The lowest BCUT2D eigenvalue weighted by Crippen LogP contribution is -2.35. The van der Waals surface area contributed by atoms with Gasteiger partial charge in [-0.3, -0.25) is 10.2 Å². The first kappa shape index (κ1) is 27.4. The van der Waals surface area contributed by atoms with Crippen LogP contribution in [0.5, 0.6) is 11.5 Å². The highest BCUT2D eigenvalue weighted by molar-refractivity contribution is 7.94. The van der Waals surface area contributed by atoms with E-state index in [2.05, 4.69) is 4.74 Å². The van der Waals surface area contributed by atoms with E-state index in [-0.39, 0.29) is 51.7 Å². The molecule has 3 rings (SSSR count). The minimum atomic E-state index is -4.87. The van der Waals surface area contributed by atoms with Gasteiger partial charge in [-0.2, -0.15) is 0 Å². The molecule has 1 aliphatic heterocycles. The highest BCUT2D eigenvalue weighted by Gasteiger charge is 2.32. The van der Waals surface area contributed by atoms with Crippen LogP contribution in [0.25, 0.3) is 6.08 Å². The molecule has 0 radical (unpaired) electrons. The Bertz CT molecular complexity index is 1260. The number of nitrogens with one attached hydrogen (secondary N) is 1. The first-order valence-electron chi connectivity index (χ1n) is 11.2. The fourth-order valence-corrected chi connectivity index (χ4v) is 4.96. The van der Waals surface area contributed by atoms with Crippen LogP contribution in [0, 0.1) is 17.2 Å². The molecule has 1 heterocycles. The van der Waals surface area contributed by atoms with Crippen molar-refractivity contribution in [3.8, 4) is 11.5 Å². The molecule has 0 saturated carbocycles. The van der Waals surface area contributed by atoms with Gasteiger partial charge >= 0.3 is 6.36 Å². The average molecular weight is 526 g/mol. The standard InChI is InChI=1S/C25H26F3NO6S/c1-3-34-21-14-18(23(29)24(30)20-9-11-33-15-16(20)2)7-8-22(21)36(31,32)12-10-17-5-4-6-19(13-17)35-25(26,27)28/h4-8,10,12-14,16,20,29H,3,9,11,15H2,1-2H3/b12-10+,29-23?/t16-,20-/m0/s1. The van der Waals surface area contributed by atoms with Crippen molar-refractivity contribution in [2.45, 2.75) is 31.5 Å². The molecular formula is C25H26F3NO6S. The second-order valence-corrected chi connectivity index (χ2v) is 10.1. The summed E-state index contributed by atoms with van der Waals surface area (Å²) in [5.74, 6) is -1.26. The van der Waals surface area contributed by atoms with Crippen LogP contribution in [0.2, 0.25) is 0 Å². The number of sulfone groups is 1. The third-order valence-corrected chi connectivity index (χ3v) is 7.04. The molecule has 0 aromatic heterocycles. The topological polar surface area (TPSA) is 103 Å². The highest BCUT2D eigenvalue weighted by atomic mass is 32.2. The van der Waals surface area contributed by atoms with Gasteiger partial charge in [0.25, 0.3) is 0 Å². The summed E-state index contributed by atoms with van der Waals surface area (Å²) in [5, 5.41) is 9.24. The molecule has 1 aliphatic rings. The Morgan fingerprint density at radius 2 is 1.97 bits per heavy atom. The van der Waals surface area contributed by atoms with Gasteiger partial charge in [-0.05, 0) is 55.2 Å². The largest absolute Gasteiger partial charge is 0.573 e. The molecule has 0 aliphatic carbocycles. The monoisotopic (exact) mass is 525 g/mol. The smallest absolute Gasteiger partial charge is 0.492 e. The normalized spacial score (nSPS) is 18.7. The maximum Gasteiger partial charge on any atom is 0.573 e. The Hall–Kier alpha value is -3.18. The molecule has 0 spiro atoms. The molecule has 11 heteroatoms. The molecule has 2 aromatic rings. The van der Waals surface area contributed by atoms with E-state index < -0.39 is 21.9 Å². The zero-order valence-electron chi connectivity index (χ0n) is 19.7. The lowest BCUT2D eigenvalue weighted by atomic mass is 9.83. The minimum absolute atomic E-state index is 0.0358. The Morgan fingerprint density at radius 1 is 1.22 bits per heavy atom. The van der Waals surface area contributed by atoms with E-state index in [0.29, 0.717) is 19.6 Å². The summed E-state index contributed by atoms with van der Waals surface area (Å²) in [6.07, 6.45) is -3.23. The van der Waals surface area contributed by atoms with E-state index in [1.807, 2.05) is 6.92 Å². The van der Waals surface area contributed by atoms with Gasteiger partial charge in [-0.15, -0.1) is 13.2 Å². The molecule has 0 bridgehead atoms. The van der Waals surface area contributed by atoms with E-state index in [1.54, 1.807) is 6.92 Å². The summed E-state index contributed by atoms with van der Waals surface area (Å²) in [7, 11) is -4.09. The maximum atomic E-state index is 13.0. The van der Waals surface area contributed by atoms with E-state index in [1.165, 1.54) is 30.3 Å². The number of alkyl halides is 3. The first-order valence-corrected chi connectivity index (χ1v) is 12.7. The molecular weight excluding hydrogens is 499 g/mol. The van der Waals surface area contributed by atoms with Crippen molar-refractivity contribution in [1.29, 1.82) is 5.41 Å². The van der Waals surface area contributed by atoms with Gasteiger partial charge in [0.2, 0.25) is 9.84 Å². The number of carbonyl (C=O) groups excluding carboxylic acids is 1. The number of halogens is 3. The van der Waals surface area contributed by atoms with Crippen LogP contribution in [0.1, 0.15) is 31.4 Å². The van der Waals surface area contributed by atoms with Crippen molar-refractivity contribution >= 4 is 27.4 Å². The van der Waals surface area contributed by atoms with E-state index in [4.69, 9.17) is 14.9 Å². The Balaban J connectivity index is 1.86. The summed E-state index contributed by atoms with van der Waals surface area (Å²) in [5.41, 5.74) is 0.158. The minimum Gasteiger partial charge on any atom is -0.492 e. The van der Waals surface area contributed by atoms with Crippen molar-refractivity contribution < 1.29 is 40.6 Å². The summed E-state index contributed by atoms with van der Waals surface area (Å²) < 4.78 is 78.1. The van der Waals surface area contributed by atoms with Gasteiger partial charge in [0.05, 0.1) is 6.61 Å². The van der Waals surface area contributed by atoms with Gasteiger partial charge < -0.3 is 14.2 Å². The van der Waals surface area contributed by atoms with E-state index >= 15 is 0 Å². The number of hydrogen-bond acceptors (Lipinski definition) is 7. The second kappa shape index (κ2) is 11.3. The fourth-order valence-electron chi connectivity index (χ4n) is 3.82. The number of carbonyl (C=O) groups is 1. The van der Waals surface area contributed by atoms with Gasteiger partial charge in [0.15, 0.2) is 5.78 Å². The lowest BCUT2D eigenvalue weighted by Gasteiger charge is -2.27. The number of rotatable bonds is 9. The number of hydrogen-bond donors (Lipinski definition) is 1. The van der Waals surface area contributed by atoms with Crippen molar-refractivity contribution in [3.05, 3.63) is 59.0 Å². The molecule has 0 amide bonds. The number of Topliss-reactive ketones (excluding diaryl/α,β-unsaturated/α-hetero) is 1. The quantitative estimate of drug-likeness (QED) is 0.461. The first-order chi connectivity index (χ1) is 16.9. The molecule has 2 aromatic carbocycles. The van der Waals surface area contributed by atoms with Crippen LogP contribution in [0.3, 0.4) is 0 Å². The zero-order chi connectivity index (χ0) is 26.5. The van der Waals surface area contributed by atoms with Gasteiger partial charge in [0, 0.05) is 30.1 Å². The van der Waals surface area contributed by atoms with Crippen LogP contribution >= 0.6 is 0 Å². The third kappa shape index (κ3) is 6.94. The summed E-state index contributed by atoms with van der Waals surface area (Å²) in [4.78, 5) is 12.7. The SMILES string of the molecule is CCOc1cc(C(=N)C(=O)[C@H]2CCOC[C@@H]2C)ccc1S(=O)(=O)/C=C/c1cccc(OC(F)(F)F)c1. The Labute approximate surface area is 207 Å². The van der Waals surface area contributed by atoms with Crippen LogP contribution in [0.15, 0.2) is 52.8 Å². The van der Waals surface area contributed by atoms with E-state index in [9.17, 15) is 26.4 Å². The molecule has 1 saturated heterocycles. The van der Waals surface area contributed by atoms with Crippen molar-refractivity contribution in [1.82, 2.24) is 0 Å². The second-order valence-electron chi connectivity index (χ2n) is 8.25. The summed E-state index contributed by atoms with van der Waals surface area (Å²) >= 11 is 0. The number of ether oxygens (including phenoxy) is 3. The molecule has 1 fully saturated rings. The third-order valence-electron chi connectivity index (χ3n) is 5.59. The number of benzene rings is 2. The zero-order valence-corrected chi connectivity index (χ0v) is 20.5. The maximum absolute atomic E-state index is 13.0. The van der Waals surface area contributed by atoms with Crippen LogP contribution in [-0.4, -0.2) is 46.1 Å². The molecule has 194 valence electrons. The number of ketones is 1. The van der Waals surface area contributed by atoms with Gasteiger partial charge in [-0.1, -0.05) is 25.1 Å². The summed E-state index contributed by atoms with van der Waals surface area (Å²) in [6, 6.07) is 8.83. The van der Waals surface area contributed by atoms with E-state index in [0.717, 1.165) is 23.6 Å².